The Morgan fingerprint density at radius 2 is 0.829 bits per heavy atom. The summed E-state index contributed by atoms with van der Waals surface area (Å²) >= 11 is 0. The standard InChI is InChI=1S/C17H28O.C16H26O/c1-3-4-5-6-7-8-15(2)9-10-16-11-13-17(18)14-12-16;1-3-4-5-6-7-14(2)8-9-15-10-12-16(17)13-11-15/h11-15,18H,3-10H2,1-2H3;10-14,17H,3-9H2,1-2H3. The van der Waals surface area contributed by atoms with Crippen molar-refractivity contribution in [1.82, 2.24) is 0 Å². The zero-order valence-electron chi connectivity index (χ0n) is 23.3. The molecule has 2 atom stereocenters. The summed E-state index contributed by atoms with van der Waals surface area (Å²) in [4.78, 5) is 0. The van der Waals surface area contributed by atoms with Crippen molar-refractivity contribution in [3.8, 4) is 11.5 Å². The molecule has 0 amide bonds. The van der Waals surface area contributed by atoms with E-state index in [1.54, 1.807) is 24.3 Å². The van der Waals surface area contributed by atoms with Gasteiger partial charge in [-0.05, 0) is 72.9 Å². The maximum Gasteiger partial charge on any atom is 0.115 e. The van der Waals surface area contributed by atoms with Gasteiger partial charge in [0, 0.05) is 0 Å². The molecule has 0 saturated carbocycles. The highest BCUT2D eigenvalue weighted by molar-refractivity contribution is 5.26. The predicted molar refractivity (Wildman–Crippen MR) is 153 cm³/mol. The zero-order valence-corrected chi connectivity index (χ0v) is 23.3. The SMILES string of the molecule is CCCCCCC(C)CCc1ccc(O)cc1.CCCCCCCC(C)CCc1ccc(O)cc1. The lowest BCUT2D eigenvalue weighted by Gasteiger charge is -2.11. The summed E-state index contributed by atoms with van der Waals surface area (Å²) in [6.07, 6.45) is 19.9. The molecule has 0 aliphatic rings. The number of phenolic OH excluding ortho intramolecular Hbond substituents is 2. The van der Waals surface area contributed by atoms with Crippen LogP contribution >= 0.6 is 0 Å². The van der Waals surface area contributed by atoms with E-state index in [1.807, 2.05) is 24.3 Å². The second-order valence-electron chi connectivity index (χ2n) is 10.7. The monoisotopic (exact) mass is 482 g/mol. The Morgan fingerprint density at radius 3 is 1.20 bits per heavy atom. The van der Waals surface area contributed by atoms with Gasteiger partial charge >= 0.3 is 0 Å². The molecule has 2 aromatic carbocycles. The van der Waals surface area contributed by atoms with E-state index in [0.29, 0.717) is 11.5 Å². The fourth-order valence-corrected chi connectivity index (χ4v) is 4.46. The Morgan fingerprint density at radius 1 is 0.486 bits per heavy atom. The minimum atomic E-state index is 0.362. The van der Waals surface area contributed by atoms with E-state index in [-0.39, 0.29) is 0 Å². The number of benzene rings is 2. The molecule has 0 heterocycles. The molecule has 0 aliphatic heterocycles. The lowest BCUT2D eigenvalue weighted by atomic mass is 9.95. The van der Waals surface area contributed by atoms with Crippen LogP contribution in [-0.2, 0) is 12.8 Å². The average Bonchev–Trinajstić information content (AvgIpc) is 2.86. The summed E-state index contributed by atoms with van der Waals surface area (Å²) in [5, 5.41) is 18.4. The van der Waals surface area contributed by atoms with Gasteiger partial charge in [-0.15, -0.1) is 0 Å². The summed E-state index contributed by atoms with van der Waals surface area (Å²) in [6.45, 7) is 9.24. The van der Waals surface area contributed by atoms with Crippen molar-refractivity contribution in [1.29, 1.82) is 0 Å². The van der Waals surface area contributed by atoms with Crippen LogP contribution in [0.4, 0.5) is 0 Å². The molecule has 2 heteroatoms. The van der Waals surface area contributed by atoms with Gasteiger partial charge in [-0.3, -0.25) is 0 Å². The highest BCUT2D eigenvalue weighted by Crippen LogP contribution is 2.19. The first-order valence-corrected chi connectivity index (χ1v) is 14.5. The highest BCUT2D eigenvalue weighted by Gasteiger charge is 2.04. The maximum atomic E-state index is 9.22. The summed E-state index contributed by atoms with van der Waals surface area (Å²) in [5.41, 5.74) is 2.67. The molecule has 2 unspecified atom stereocenters. The van der Waals surface area contributed by atoms with Crippen molar-refractivity contribution in [2.75, 3.05) is 0 Å². The van der Waals surface area contributed by atoms with E-state index in [1.165, 1.54) is 94.6 Å². The van der Waals surface area contributed by atoms with Gasteiger partial charge in [0.05, 0.1) is 0 Å². The van der Waals surface area contributed by atoms with Gasteiger partial charge in [-0.1, -0.05) is 123 Å². The van der Waals surface area contributed by atoms with Crippen LogP contribution in [0.3, 0.4) is 0 Å². The van der Waals surface area contributed by atoms with Gasteiger partial charge in [-0.2, -0.15) is 0 Å². The molecule has 2 aromatic rings. The van der Waals surface area contributed by atoms with Crippen LogP contribution < -0.4 is 0 Å². The quantitative estimate of drug-likeness (QED) is 0.220. The van der Waals surface area contributed by atoms with Crippen LogP contribution in [-0.4, -0.2) is 10.2 Å². The van der Waals surface area contributed by atoms with Crippen LogP contribution in [0.5, 0.6) is 11.5 Å². The molecule has 2 nitrogen and oxygen atoms in total. The third kappa shape index (κ3) is 17.2. The summed E-state index contributed by atoms with van der Waals surface area (Å²) in [7, 11) is 0. The van der Waals surface area contributed by atoms with E-state index < -0.39 is 0 Å². The fourth-order valence-electron chi connectivity index (χ4n) is 4.46. The molecule has 0 spiro atoms. The minimum Gasteiger partial charge on any atom is -0.508 e. The smallest absolute Gasteiger partial charge is 0.115 e. The highest BCUT2D eigenvalue weighted by atomic mass is 16.3. The van der Waals surface area contributed by atoms with Gasteiger partial charge in [0.25, 0.3) is 0 Å². The van der Waals surface area contributed by atoms with Crippen LogP contribution in [0.15, 0.2) is 48.5 Å². The van der Waals surface area contributed by atoms with Crippen molar-refractivity contribution in [3.63, 3.8) is 0 Å². The Balaban J connectivity index is 0.000000351. The lowest BCUT2D eigenvalue weighted by Crippen LogP contribution is -1.97. The van der Waals surface area contributed by atoms with Crippen LogP contribution in [0.1, 0.15) is 122 Å². The van der Waals surface area contributed by atoms with Crippen molar-refractivity contribution in [3.05, 3.63) is 59.7 Å². The molecule has 0 fully saturated rings. The maximum absolute atomic E-state index is 9.22. The molecule has 198 valence electrons. The molecule has 0 aliphatic carbocycles. The Labute approximate surface area is 217 Å². The summed E-state index contributed by atoms with van der Waals surface area (Å²) < 4.78 is 0. The normalized spacial score (nSPS) is 12.6. The Kier molecular flexibility index (Phi) is 18.0. The molecule has 0 aromatic heterocycles. The van der Waals surface area contributed by atoms with Gasteiger partial charge in [0.2, 0.25) is 0 Å². The van der Waals surface area contributed by atoms with Crippen molar-refractivity contribution < 1.29 is 10.2 Å². The second kappa shape index (κ2) is 20.3. The van der Waals surface area contributed by atoms with Crippen molar-refractivity contribution in [2.45, 2.75) is 124 Å². The largest absolute Gasteiger partial charge is 0.508 e. The molecule has 0 saturated heterocycles. The van der Waals surface area contributed by atoms with Crippen molar-refractivity contribution >= 4 is 0 Å². The first-order chi connectivity index (χ1) is 16.9. The lowest BCUT2D eigenvalue weighted by molar-refractivity contribution is 0.457. The third-order valence-corrected chi connectivity index (χ3v) is 7.08. The molecular weight excluding hydrogens is 428 g/mol. The van der Waals surface area contributed by atoms with Gasteiger partial charge in [0.1, 0.15) is 11.5 Å². The predicted octanol–water partition coefficient (Wildman–Crippen LogP) is 10.3. The Bertz CT molecular complexity index is 720. The number of phenols is 2. The number of hydrogen-bond acceptors (Lipinski definition) is 2. The molecule has 2 N–H and O–H groups in total. The first kappa shape index (κ1) is 31.1. The van der Waals surface area contributed by atoms with E-state index in [4.69, 9.17) is 0 Å². The number of hydrogen-bond donors (Lipinski definition) is 2. The molecule has 0 bridgehead atoms. The van der Waals surface area contributed by atoms with Gasteiger partial charge in [0.15, 0.2) is 0 Å². The number of aryl methyl sites for hydroxylation is 2. The van der Waals surface area contributed by atoms with Crippen LogP contribution in [0.2, 0.25) is 0 Å². The fraction of sp³-hybridized carbons (Fsp3) is 0.636. The molecule has 0 radical (unpaired) electrons. The number of unbranched alkanes of at least 4 members (excludes halogenated alkanes) is 7. The summed E-state index contributed by atoms with van der Waals surface area (Å²) in [6, 6.07) is 15.2. The number of aromatic hydroxyl groups is 2. The Hall–Kier alpha value is -1.96. The summed E-state index contributed by atoms with van der Waals surface area (Å²) in [5.74, 6) is 2.37. The molecule has 2 rings (SSSR count). The molecule has 35 heavy (non-hydrogen) atoms. The van der Waals surface area contributed by atoms with Gasteiger partial charge < -0.3 is 10.2 Å². The number of rotatable bonds is 17. The van der Waals surface area contributed by atoms with E-state index in [2.05, 4.69) is 27.7 Å². The minimum absolute atomic E-state index is 0.362. The average molecular weight is 483 g/mol. The first-order valence-electron chi connectivity index (χ1n) is 14.5. The van der Waals surface area contributed by atoms with E-state index >= 15 is 0 Å². The van der Waals surface area contributed by atoms with E-state index in [9.17, 15) is 10.2 Å². The third-order valence-electron chi connectivity index (χ3n) is 7.08. The van der Waals surface area contributed by atoms with Gasteiger partial charge in [-0.25, -0.2) is 0 Å². The van der Waals surface area contributed by atoms with Crippen LogP contribution in [0, 0.1) is 11.8 Å². The second-order valence-corrected chi connectivity index (χ2v) is 10.7. The van der Waals surface area contributed by atoms with Crippen molar-refractivity contribution in [2.24, 2.45) is 11.8 Å². The topological polar surface area (TPSA) is 40.5 Å². The van der Waals surface area contributed by atoms with Crippen LogP contribution in [0.25, 0.3) is 0 Å². The zero-order chi connectivity index (χ0) is 25.7. The molecular formula is C33H54O2. The van der Waals surface area contributed by atoms with E-state index in [0.717, 1.165) is 24.7 Å².